The quantitative estimate of drug-likeness (QED) is 0.600. The van der Waals surface area contributed by atoms with Gasteiger partial charge in [0.1, 0.15) is 0 Å². The Morgan fingerprint density at radius 3 is 2.78 bits per heavy atom. The van der Waals surface area contributed by atoms with Crippen molar-refractivity contribution >= 4 is 34.2 Å². The second-order valence-electron chi connectivity index (χ2n) is 5.75. The minimum Gasteiger partial charge on any atom is -0.448 e. The van der Waals surface area contributed by atoms with Gasteiger partial charge in [-0.25, -0.2) is 9.78 Å². The van der Waals surface area contributed by atoms with E-state index >= 15 is 0 Å². The average molecular weight is 386 g/mol. The SMILES string of the molecule is Cc1cc(NC(=O)C(C)OC(=O)c2csc(NCc3ccccc3)n2)on1. The molecule has 140 valence electrons. The van der Waals surface area contributed by atoms with E-state index in [0.717, 1.165) is 5.56 Å². The Bertz CT molecular complexity index is 922. The second-order valence-corrected chi connectivity index (χ2v) is 6.60. The van der Waals surface area contributed by atoms with Crippen molar-refractivity contribution in [1.29, 1.82) is 0 Å². The van der Waals surface area contributed by atoms with Crippen molar-refractivity contribution in [3.05, 3.63) is 58.7 Å². The van der Waals surface area contributed by atoms with Crippen LogP contribution in [0.25, 0.3) is 0 Å². The number of ether oxygens (including phenoxy) is 1. The lowest BCUT2D eigenvalue weighted by Crippen LogP contribution is -2.30. The smallest absolute Gasteiger partial charge is 0.358 e. The predicted octanol–water partition coefficient (Wildman–Crippen LogP) is 3.24. The highest BCUT2D eigenvalue weighted by Crippen LogP contribution is 2.18. The van der Waals surface area contributed by atoms with Crippen LogP contribution in [0.5, 0.6) is 0 Å². The van der Waals surface area contributed by atoms with E-state index in [1.165, 1.54) is 18.3 Å². The van der Waals surface area contributed by atoms with Gasteiger partial charge >= 0.3 is 5.97 Å². The molecule has 2 aromatic heterocycles. The summed E-state index contributed by atoms with van der Waals surface area (Å²) in [5.74, 6) is -0.992. The number of esters is 1. The first-order valence-corrected chi connectivity index (χ1v) is 9.07. The summed E-state index contributed by atoms with van der Waals surface area (Å²) in [6, 6.07) is 11.4. The first kappa shape index (κ1) is 18.6. The van der Waals surface area contributed by atoms with Crippen LogP contribution in [0, 0.1) is 6.92 Å². The number of rotatable bonds is 7. The van der Waals surface area contributed by atoms with Crippen LogP contribution in [0.4, 0.5) is 11.0 Å². The van der Waals surface area contributed by atoms with Crippen molar-refractivity contribution in [2.75, 3.05) is 10.6 Å². The van der Waals surface area contributed by atoms with Gasteiger partial charge in [-0.2, -0.15) is 0 Å². The summed E-state index contributed by atoms with van der Waals surface area (Å²) in [5, 5.41) is 11.5. The van der Waals surface area contributed by atoms with Gasteiger partial charge in [0, 0.05) is 18.0 Å². The summed E-state index contributed by atoms with van der Waals surface area (Å²) < 4.78 is 10.1. The van der Waals surface area contributed by atoms with Gasteiger partial charge < -0.3 is 14.6 Å². The van der Waals surface area contributed by atoms with Crippen LogP contribution in [-0.4, -0.2) is 28.1 Å². The Balaban J connectivity index is 1.51. The van der Waals surface area contributed by atoms with Gasteiger partial charge in [0.2, 0.25) is 5.88 Å². The number of hydrogen-bond acceptors (Lipinski definition) is 8. The summed E-state index contributed by atoms with van der Waals surface area (Å²) in [4.78, 5) is 28.4. The first-order chi connectivity index (χ1) is 13.0. The molecule has 9 heteroatoms. The van der Waals surface area contributed by atoms with Gasteiger partial charge in [-0.15, -0.1) is 11.3 Å². The summed E-state index contributed by atoms with van der Waals surface area (Å²) in [7, 11) is 0. The summed E-state index contributed by atoms with van der Waals surface area (Å²) in [5.41, 5.74) is 1.88. The monoisotopic (exact) mass is 386 g/mol. The molecule has 1 aromatic carbocycles. The molecule has 0 saturated carbocycles. The van der Waals surface area contributed by atoms with Crippen molar-refractivity contribution < 1.29 is 18.8 Å². The van der Waals surface area contributed by atoms with E-state index in [4.69, 9.17) is 9.26 Å². The van der Waals surface area contributed by atoms with Crippen LogP contribution < -0.4 is 10.6 Å². The van der Waals surface area contributed by atoms with Gasteiger partial charge in [-0.3, -0.25) is 10.1 Å². The maximum absolute atomic E-state index is 12.2. The lowest BCUT2D eigenvalue weighted by Gasteiger charge is -2.10. The third kappa shape index (κ3) is 5.14. The highest BCUT2D eigenvalue weighted by atomic mass is 32.1. The van der Waals surface area contributed by atoms with Crippen LogP contribution in [0.2, 0.25) is 0 Å². The van der Waals surface area contributed by atoms with E-state index in [1.54, 1.807) is 18.4 Å². The molecule has 3 rings (SSSR count). The van der Waals surface area contributed by atoms with E-state index in [2.05, 4.69) is 20.8 Å². The minimum absolute atomic E-state index is 0.144. The third-order valence-corrected chi connectivity index (χ3v) is 4.33. The average Bonchev–Trinajstić information content (AvgIpc) is 3.30. The zero-order chi connectivity index (χ0) is 19.2. The standard InChI is InChI=1S/C18H18N4O4S/c1-11-8-15(26-22-11)21-16(23)12(2)25-17(24)14-10-27-18(20-14)19-9-13-6-4-3-5-7-13/h3-8,10,12H,9H2,1-2H3,(H,19,20)(H,21,23). The van der Waals surface area contributed by atoms with Gasteiger partial charge in [0.25, 0.3) is 5.91 Å². The number of nitrogens with one attached hydrogen (secondary N) is 2. The molecule has 2 N–H and O–H groups in total. The van der Waals surface area contributed by atoms with E-state index in [1.807, 2.05) is 30.3 Å². The number of aromatic nitrogens is 2. The number of carbonyl (C=O) groups excluding carboxylic acids is 2. The molecule has 8 nitrogen and oxygen atoms in total. The van der Waals surface area contributed by atoms with Gasteiger partial charge in [0.05, 0.1) is 5.69 Å². The molecule has 0 spiro atoms. The highest BCUT2D eigenvalue weighted by molar-refractivity contribution is 7.13. The molecule has 1 atom stereocenters. The molecule has 1 amide bonds. The van der Waals surface area contributed by atoms with E-state index in [-0.39, 0.29) is 11.6 Å². The molecule has 0 fully saturated rings. The second kappa shape index (κ2) is 8.45. The van der Waals surface area contributed by atoms with Gasteiger partial charge in [0.15, 0.2) is 16.9 Å². The summed E-state index contributed by atoms with van der Waals surface area (Å²) in [6.07, 6.45) is -1.01. The van der Waals surface area contributed by atoms with Crippen molar-refractivity contribution in [3.8, 4) is 0 Å². The fourth-order valence-electron chi connectivity index (χ4n) is 2.14. The summed E-state index contributed by atoms with van der Waals surface area (Å²) >= 11 is 1.29. The topological polar surface area (TPSA) is 106 Å². The van der Waals surface area contributed by atoms with Crippen molar-refractivity contribution in [2.45, 2.75) is 26.5 Å². The maximum atomic E-state index is 12.2. The fraction of sp³-hybridized carbons (Fsp3) is 0.222. The van der Waals surface area contributed by atoms with Gasteiger partial charge in [-0.05, 0) is 19.4 Å². The van der Waals surface area contributed by atoms with Crippen molar-refractivity contribution in [3.63, 3.8) is 0 Å². The number of aryl methyl sites for hydroxylation is 1. The van der Waals surface area contributed by atoms with Crippen LogP contribution >= 0.6 is 11.3 Å². The Morgan fingerprint density at radius 2 is 2.07 bits per heavy atom. The molecule has 2 heterocycles. The number of hydrogen-bond donors (Lipinski definition) is 2. The number of amides is 1. The lowest BCUT2D eigenvalue weighted by atomic mass is 10.2. The third-order valence-electron chi connectivity index (χ3n) is 3.53. The normalized spacial score (nSPS) is 11.6. The molecular formula is C18H18N4O4S. The fourth-order valence-corrected chi connectivity index (χ4v) is 2.82. The Morgan fingerprint density at radius 1 is 1.30 bits per heavy atom. The number of thiazole rings is 1. The molecule has 1 unspecified atom stereocenters. The van der Waals surface area contributed by atoms with E-state index < -0.39 is 18.0 Å². The molecular weight excluding hydrogens is 368 g/mol. The Kier molecular flexibility index (Phi) is 5.82. The Labute approximate surface area is 159 Å². The molecule has 0 aliphatic heterocycles. The molecule has 3 aromatic rings. The van der Waals surface area contributed by atoms with Crippen LogP contribution in [0.3, 0.4) is 0 Å². The molecule has 0 aliphatic rings. The largest absolute Gasteiger partial charge is 0.448 e. The van der Waals surface area contributed by atoms with E-state index in [0.29, 0.717) is 17.4 Å². The molecule has 27 heavy (non-hydrogen) atoms. The zero-order valence-electron chi connectivity index (χ0n) is 14.8. The Hall–Kier alpha value is -3.20. The molecule has 0 radical (unpaired) electrons. The van der Waals surface area contributed by atoms with Crippen molar-refractivity contribution in [2.24, 2.45) is 0 Å². The zero-order valence-corrected chi connectivity index (χ0v) is 15.6. The number of anilines is 2. The summed E-state index contributed by atoms with van der Waals surface area (Å²) in [6.45, 7) is 3.80. The number of nitrogens with zero attached hydrogens (tertiary/aromatic N) is 2. The van der Waals surface area contributed by atoms with Crippen molar-refractivity contribution in [1.82, 2.24) is 10.1 Å². The maximum Gasteiger partial charge on any atom is 0.358 e. The minimum atomic E-state index is -1.01. The first-order valence-electron chi connectivity index (χ1n) is 8.20. The van der Waals surface area contributed by atoms with Crippen LogP contribution in [0.15, 0.2) is 46.3 Å². The predicted molar refractivity (Wildman–Crippen MR) is 101 cm³/mol. The van der Waals surface area contributed by atoms with E-state index in [9.17, 15) is 9.59 Å². The van der Waals surface area contributed by atoms with Crippen LogP contribution in [-0.2, 0) is 16.1 Å². The number of carbonyl (C=O) groups is 2. The lowest BCUT2D eigenvalue weighted by molar-refractivity contribution is -0.123. The number of benzene rings is 1. The molecule has 0 bridgehead atoms. The highest BCUT2D eigenvalue weighted by Gasteiger charge is 2.22. The molecule has 0 aliphatic carbocycles. The molecule has 0 saturated heterocycles. The van der Waals surface area contributed by atoms with Gasteiger partial charge in [-0.1, -0.05) is 35.5 Å². The van der Waals surface area contributed by atoms with Crippen LogP contribution in [0.1, 0.15) is 28.7 Å².